The first kappa shape index (κ1) is 13.1. The van der Waals surface area contributed by atoms with Crippen LogP contribution in [0.3, 0.4) is 0 Å². The number of aromatic nitrogens is 2. The van der Waals surface area contributed by atoms with Crippen molar-refractivity contribution in [2.45, 2.75) is 19.8 Å². The van der Waals surface area contributed by atoms with E-state index < -0.39 is 0 Å². The van der Waals surface area contributed by atoms with Crippen molar-refractivity contribution < 1.29 is 4.74 Å². The zero-order valence-electron chi connectivity index (χ0n) is 12.8. The standard InChI is InChI=1S/C19H18N2O/c1-12-3-4-13-7-10-16-18(20-21-19(16)17(13)11-12)14-5-8-15(22-2)9-6-14/h3-6,8-9,11H,7,10H2,1-2H3,(H,20,21). The Morgan fingerprint density at radius 2 is 1.86 bits per heavy atom. The van der Waals surface area contributed by atoms with Gasteiger partial charge in [-0.3, -0.25) is 5.10 Å². The summed E-state index contributed by atoms with van der Waals surface area (Å²) in [6, 6.07) is 14.8. The Morgan fingerprint density at radius 3 is 2.64 bits per heavy atom. The van der Waals surface area contributed by atoms with Crippen LogP contribution in [0, 0.1) is 6.92 Å². The van der Waals surface area contributed by atoms with Gasteiger partial charge in [-0.15, -0.1) is 0 Å². The van der Waals surface area contributed by atoms with Gasteiger partial charge >= 0.3 is 0 Å². The molecule has 1 aliphatic carbocycles. The normalized spacial score (nSPS) is 12.6. The van der Waals surface area contributed by atoms with Gasteiger partial charge in [-0.2, -0.15) is 5.10 Å². The average molecular weight is 290 g/mol. The Bertz CT molecular complexity index is 831. The molecule has 1 aromatic heterocycles. The number of H-pyrrole nitrogens is 1. The molecular formula is C19H18N2O. The largest absolute Gasteiger partial charge is 0.497 e. The molecule has 0 saturated carbocycles. The molecule has 1 aliphatic rings. The van der Waals surface area contributed by atoms with Gasteiger partial charge in [0.05, 0.1) is 18.5 Å². The number of methoxy groups -OCH3 is 1. The van der Waals surface area contributed by atoms with Gasteiger partial charge in [-0.25, -0.2) is 0 Å². The Kier molecular flexibility index (Phi) is 3.00. The van der Waals surface area contributed by atoms with E-state index >= 15 is 0 Å². The molecule has 3 heteroatoms. The van der Waals surface area contributed by atoms with Gasteiger partial charge in [0.1, 0.15) is 5.75 Å². The number of aryl methyl sites for hydroxylation is 2. The van der Waals surface area contributed by atoms with Gasteiger partial charge in [0.15, 0.2) is 0 Å². The molecule has 0 radical (unpaired) electrons. The molecule has 4 rings (SSSR count). The maximum atomic E-state index is 5.23. The smallest absolute Gasteiger partial charge is 0.118 e. The number of nitrogens with one attached hydrogen (secondary N) is 1. The van der Waals surface area contributed by atoms with E-state index in [0.717, 1.165) is 29.8 Å². The van der Waals surface area contributed by atoms with Gasteiger partial charge < -0.3 is 4.74 Å². The third kappa shape index (κ3) is 2.01. The van der Waals surface area contributed by atoms with Crippen LogP contribution in [-0.2, 0) is 12.8 Å². The molecule has 3 nitrogen and oxygen atoms in total. The predicted octanol–water partition coefficient (Wildman–Crippen LogP) is 4.16. The van der Waals surface area contributed by atoms with Crippen molar-refractivity contribution in [2.24, 2.45) is 0 Å². The minimum Gasteiger partial charge on any atom is -0.497 e. The number of ether oxygens (including phenoxy) is 1. The predicted molar refractivity (Wildman–Crippen MR) is 88.2 cm³/mol. The van der Waals surface area contributed by atoms with Crippen LogP contribution >= 0.6 is 0 Å². The quantitative estimate of drug-likeness (QED) is 0.769. The number of hydrogen-bond donors (Lipinski definition) is 1. The fraction of sp³-hybridized carbons (Fsp3) is 0.211. The van der Waals surface area contributed by atoms with Gasteiger partial charge in [-0.1, -0.05) is 17.7 Å². The number of rotatable bonds is 2. The van der Waals surface area contributed by atoms with Crippen molar-refractivity contribution >= 4 is 0 Å². The molecular weight excluding hydrogens is 272 g/mol. The van der Waals surface area contributed by atoms with E-state index in [9.17, 15) is 0 Å². The first-order valence-corrected chi connectivity index (χ1v) is 7.58. The third-order valence-electron chi connectivity index (χ3n) is 4.41. The number of hydrogen-bond acceptors (Lipinski definition) is 2. The van der Waals surface area contributed by atoms with Crippen LogP contribution in [0.15, 0.2) is 42.5 Å². The van der Waals surface area contributed by atoms with Crippen LogP contribution in [0.4, 0.5) is 0 Å². The molecule has 2 aromatic carbocycles. The molecule has 0 amide bonds. The molecule has 0 saturated heterocycles. The lowest BCUT2D eigenvalue weighted by molar-refractivity contribution is 0.415. The lowest BCUT2D eigenvalue weighted by atomic mass is 9.87. The minimum atomic E-state index is 0.870. The SMILES string of the molecule is COc1ccc(-c2n[nH]c3c2CCc2ccc(C)cc2-3)cc1. The van der Waals surface area contributed by atoms with E-state index in [-0.39, 0.29) is 0 Å². The molecule has 0 atom stereocenters. The molecule has 0 bridgehead atoms. The summed E-state index contributed by atoms with van der Waals surface area (Å²) in [5.74, 6) is 0.870. The van der Waals surface area contributed by atoms with Crippen LogP contribution in [-0.4, -0.2) is 17.3 Å². The molecule has 1 heterocycles. The van der Waals surface area contributed by atoms with Crippen LogP contribution in [0.2, 0.25) is 0 Å². The summed E-state index contributed by atoms with van der Waals surface area (Å²) in [5, 5.41) is 7.84. The molecule has 22 heavy (non-hydrogen) atoms. The lowest BCUT2D eigenvalue weighted by Crippen LogP contribution is -2.03. The molecule has 0 aliphatic heterocycles. The first-order chi connectivity index (χ1) is 10.8. The highest BCUT2D eigenvalue weighted by Crippen LogP contribution is 2.37. The summed E-state index contributed by atoms with van der Waals surface area (Å²) < 4.78 is 5.23. The summed E-state index contributed by atoms with van der Waals surface area (Å²) in [5.41, 5.74) is 8.68. The summed E-state index contributed by atoms with van der Waals surface area (Å²) in [7, 11) is 1.69. The number of benzene rings is 2. The van der Waals surface area contributed by atoms with Crippen LogP contribution in [0.1, 0.15) is 16.7 Å². The van der Waals surface area contributed by atoms with Crippen molar-refractivity contribution in [3.63, 3.8) is 0 Å². The second-order valence-electron chi connectivity index (χ2n) is 5.81. The zero-order chi connectivity index (χ0) is 15.1. The molecule has 110 valence electrons. The van der Waals surface area contributed by atoms with Crippen LogP contribution in [0.25, 0.3) is 22.5 Å². The van der Waals surface area contributed by atoms with Crippen molar-refractivity contribution in [2.75, 3.05) is 7.11 Å². The monoisotopic (exact) mass is 290 g/mol. The highest BCUT2D eigenvalue weighted by molar-refractivity contribution is 5.78. The Labute approximate surface area is 130 Å². The Hall–Kier alpha value is -2.55. The van der Waals surface area contributed by atoms with Gasteiger partial charge in [0.2, 0.25) is 0 Å². The molecule has 0 spiro atoms. The summed E-state index contributed by atoms with van der Waals surface area (Å²) in [6.45, 7) is 2.13. The highest BCUT2D eigenvalue weighted by Gasteiger charge is 2.22. The fourth-order valence-electron chi connectivity index (χ4n) is 3.22. The molecule has 0 unspecified atom stereocenters. The minimum absolute atomic E-state index is 0.870. The first-order valence-electron chi connectivity index (χ1n) is 7.58. The van der Waals surface area contributed by atoms with E-state index in [0.29, 0.717) is 0 Å². The third-order valence-corrected chi connectivity index (χ3v) is 4.41. The van der Waals surface area contributed by atoms with Crippen molar-refractivity contribution in [1.82, 2.24) is 10.2 Å². The van der Waals surface area contributed by atoms with Gasteiger partial charge in [0, 0.05) is 16.7 Å². The van der Waals surface area contributed by atoms with E-state index in [2.05, 4.69) is 47.5 Å². The van der Waals surface area contributed by atoms with Crippen molar-refractivity contribution in [3.8, 4) is 28.3 Å². The maximum absolute atomic E-state index is 5.23. The maximum Gasteiger partial charge on any atom is 0.118 e. The Balaban J connectivity index is 1.82. The van der Waals surface area contributed by atoms with E-state index in [1.165, 1.54) is 27.9 Å². The van der Waals surface area contributed by atoms with E-state index in [1.54, 1.807) is 7.11 Å². The average Bonchev–Trinajstić information content (AvgIpc) is 2.99. The van der Waals surface area contributed by atoms with Crippen molar-refractivity contribution in [3.05, 3.63) is 59.2 Å². The topological polar surface area (TPSA) is 37.9 Å². The van der Waals surface area contributed by atoms with E-state index in [1.807, 2.05) is 12.1 Å². The van der Waals surface area contributed by atoms with E-state index in [4.69, 9.17) is 4.74 Å². The Morgan fingerprint density at radius 1 is 1.05 bits per heavy atom. The number of nitrogens with zero attached hydrogens (tertiary/aromatic N) is 1. The highest BCUT2D eigenvalue weighted by atomic mass is 16.5. The van der Waals surface area contributed by atoms with Crippen molar-refractivity contribution in [1.29, 1.82) is 0 Å². The summed E-state index contributed by atoms with van der Waals surface area (Å²) in [4.78, 5) is 0. The second-order valence-corrected chi connectivity index (χ2v) is 5.81. The zero-order valence-corrected chi connectivity index (χ0v) is 12.8. The van der Waals surface area contributed by atoms with Crippen LogP contribution in [0.5, 0.6) is 5.75 Å². The molecule has 1 N–H and O–H groups in total. The van der Waals surface area contributed by atoms with Gasteiger partial charge in [0.25, 0.3) is 0 Å². The number of aromatic amines is 1. The van der Waals surface area contributed by atoms with Gasteiger partial charge in [-0.05, 0) is 55.7 Å². The fourth-order valence-corrected chi connectivity index (χ4v) is 3.22. The molecule has 3 aromatic rings. The molecule has 0 fully saturated rings. The number of fused-ring (bicyclic) bond motifs is 3. The lowest BCUT2D eigenvalue weighted by Gasteiger charge is -2.17. The second kappa shape index (κ2) is 5.02. The summed E-state index contributed by atoms with van der Waals surface area (Å²) in [6.07, 6.45) is 2.11. The summed E-state index contributed by atoms with van der Waals surface area (Å²) >= 11 is 0. The van der Waals surface area contributed by atoms with Crippen LogP contribution < -0.4 is 4.74 Å².